The van der Waals surface area contributed by atoms with Crippen molar-refractivity contribution in [3.05, 3.63) is 17.0 Å². The van der Waals surface area contributed by atoms with Crippen LogP contribution in [0.5, 0.6) is 0 Å². The molecule has 0 saturated heterocycles. The second kappa shape index (κ2) is 8.82. The van der Waals surface area contributed by atoms with Gasteiger partial charge in [-0.3, -0.25) is 9.48 Å². The van der Waals surface area contributed by atoms with E-state index in [1.54, 1.807) is 7.11 Å². The Morgan fingerprint density at radius 3 is 2.58 bits per heavy atom. The Morgan fingerprint density at radius 1 is 1.21 bits per heavy atom. The summed E-state index contributed by atoms with van der Waals surface area (Å²) < 4.78 is 12.3. The standard InChI is InChI=1S/C14H24N2O3/c1-4-13-12(11-17)14(5-2)16(15-13)7-6-8-19-10-9-18-3/h11H,4-10H2,1-3H3. The number of aldehydes is 1. The Balaban J connectivity index is 2.53. The first-order valence-corrected chi connectivity index (χ1v) is 6.88. The largest absolute Gasteiger partial charge is 0.382 e. The van der Waals surface area contributed by atoms with E-state index in [-0.39, 0.29) is 0 Å². The lowest BCUT2D eigenvalue weighted by molar-refractivity contribution is 0.0676. The summed E-state index contributed by atoms with van der Waals surface area (Å²) in [7, 11) is 1.66. The summed E-state index contributed by atoms with van der Waals surface area (Å²) in [5.41, 5.74) is 2.70. The van der Waals surface area contributed by atoms with Gasteiger partial charge in [0.05, 0.1) is 24.5 Å². The molecule has 1 rings (SSSR count). The van der Waals surface area contributed by atoms with Gasteiger partial charge in [-0.05, 0) is 19.3 Å². The number of hydrogen-bond donors (Lipinski definition) is 0. The molecule has 0 N–H and O–H groups in total. The van der Waals surface area contributed by atoms with Crippen LogP contribution in [0.15, 0.2) is 0 Å². The van der Waals surface area contributed by atoms with Crippen LogP contribution in [0.1, 0.15) is 42.0 Å². The number of nitrogens with zero attached hydrogens (tertiary/aromatic N) is 2. The Bertz CT molecular complexity index is 388. The lowest BCUT2D eigenvalue weighted by Gasteiger charge is -2.07. The Kier molecular flexibility index (Phi) is 7.36. The molecule has 108 valence electrons. The second-order valence-corrected chi connectivity index (χ2v) is 4.31. The zero-order valence-corrected chi connectivity index (χ0v) is 12.1. The molecule has 1 aromatic rings. The Morgan fingerprint density at radius 2 is 2.00 bits per heavy atom. The van der Waals surface area contributed by atoms with E-state index in [4.69, 9.17) is 9.47 Å². The Labute approximate surface area is 114 Å². The van der Waals surface area contributed by atoms with E-state index in [9.17, 15) is 4.79 Å². The fraction of sp³-hybridized carbons (Fsp3) is 0.714. The minimum Gasteiger partial charge on any atom is -0.382 e. The van der Waals surface area contributed by atoms with E-state index >= 15 is 0 Å². The number of methoxy groups -OCH3 is 1. The molecule has 5 heteroatoms. The molecule has 0 aliphatic rings. The molecule has 0 atom stereocenters. The lowest BCUT2D eigenvalue weighted by Crippen LogP contribution is -2.09. The van der Waals surface area contributed by atoms with E-state index in [1.165, 1.54) is 0 Å². The van der Waals surface area contributed by atoms with E-state index < -0.39 is 0 Å². The van der Waals surface area contributed by atoms with Gasteiger partial charge >= 0.3 is 0 Å². The summed E-state index contributed by atoms with van der Waals surface area (Å²) in [6.45, 7) is 6.79. The monoisotopic (exact) mass is 268 g/mol. The number of hydrogen-bond acceptors (Lipinski definition) is 4. The highest BCUT2D eigenvalue weighted by atomic mass is 16.5. The fourth-order valence-electron chi connectivity index (χ4n) is 2.08. The van der Waals surface area contributed by atoms with Crippen LogP contribution in [0.2, 0.25) is 0 Å². The molecule has 0 aliphatic heterocycles. The number of carbonyl (C=O) groups excluding carboxylic acids is 1. The van der Waals surface area contributed by atoms with Gasteiger partial charge in [-0.15, -0.1) is 0 Å². The van der Waals surface area contributed by atoms with E-state index in [2.05, 4.69) is 12.0 Å². The summed E-state index contributed by atoms with van der Waals surface area (Å²) in [6.07, 6.45) is 3.43. The van der Waals surface area contributed by atoms with Crippen LogP contribution in [-0.2, 0) is 28.9 Å². The highest BCUT2D eigenvalue weighted by Crippen LogP contribution is 2.14. The average molecular weight is 268 g/mol. The van der Waals surface area contributed by atoms with Crippen molar-refractivity contribution in [2.75, 3.05) is 26.9 Å². The molecule has 19 heavy (non-hydrogen) atoms. The average Bonchev–Trinajstić information content (AvgIpc) is 2.79. The van der Waals surface area contributed by atoms with Crippen molar-refractivity contribution in [1.29, 1.82) is 0 Å². The maximum absolute atomic E-state index is 11.1. The van der Waals surface area contributed by atoms with Crippen molar-refractivity contribution in [1.82, 2.24) is 9.78 Å². The van der Waals surface area contributed by atoms with Gasteiger partial charge in [0, 0.05) is 26.0 Å². The molecule has 0 radical (unpaired) electrons. The zero-order valence-electron chi connectivity index (χ0n) is 12.1. The first-order valence-electron chi connectivity index (χ1n) is 6.88. The molecule has 0 aliphatic carbocycles. The molecule has 1 heterocycles. The van der Waals surface area contributed by atoms with E-state index in [1.807, 2.05) is 11.6 Å². The molecular formula is C14H24N2O3. The first kappa shape index (κ1) is 15.9. The molecule has 5 nitrogen and oxygen atoms in total. The summed E-state index contributed by atoms with van der Waals surface area (Å²) in [6, 6.07) is 0. The lowest BCUT2D eigenvalue weighted by atomic mass is 10.1. The maximum atomic E-state index is 11.1. The second-order valence-electron chi connectivity index (χ2n) is 4.31. The first-order chi connectivity index (χ1) is 9.28. The third-order valence-corrected chi connectivity index (χ3v) is 3.05. The fourth-order valence-corrected chi connectivity index (χ4v) is 2.08. The summed E-state index contributed by atoms with van der Waals surface area (Å²) in [5, 5.41) is 4.51. The van der Waals surface area contributed by atoms with Gasteiger partial charge in [-0.25, -0.2) is 0 Å². The van der Waals surface area contributed by atoms with Crippen molar-refractivity contribution >= 4 is 6.29 Å². The van der Waals surface area contributed by atoms with Crippen LogP contribution in [0.4, 0.5) is 0 Å². The smallest absolute Gasteiger partial charge is 0.153 e. The minimum absolute atomic E-state index is 0.621. The van der Waals surface area contributed by atoms with Crippen LogP contribution in [-0.4, -0.2) is 43.0 Å². The van der Waals surface area contributed by atoms with Gasteiger partial charge in [0.1, 0.15) is 0 Å². The molecule has 0 saturated carbocycles. The topological polar surface area (TPSA) is 53.4 Å². The molecule has 0 unspecified atom stereocenters. The van der Waals surface area contributed by atoms with Crippen molar-refractivity contribution in [2.24, 2.45) is 0 Å². The summed E-state index contributed by atoms with van der Waals surface area (Å²) in [4.78, 5) is 11.1. The van der Waals surface area contributed by atoms with Gasteiger partial charge in [-0.2, -0.15) is 5.10 Å². The Hall–Kier alpha value is -1.20. The van der Waals surface area contributed by atoms with Gasteiger partial charge in [0.15, 0.2) is 6.29 Å². The van der Waals surface area contributed by atoms with Crippen molar-refractivity contribution in [3.8, 4) is 0 Å². The van der Waals surface area contributed by atoms with Crippen LogP contribution >= 0.6 is 0 Å². The van der Waals surface area contributed by atoms with Crippen LogP contribution in [0.25, 0.3) is 0 Å². The molecule has 0 aromatic carbocycles. The van der Waals surface area contributed by atoms with Gasteiger partial charge in [0.25, 0.3) is 0 Å². The number of aromatic nitrogens is 2. The SMILES string of the molecule is CCc1nn(CCCOCCOC)c(CC)c1C=O. The van der Waals surface area contributed by atoms with Crippen LogP contribution < -0.4 is 0 Å². The highest BCUT2D eigenvalue weighted by Gasteiger charge is 2.14. The third-order valence-electron chi connectivity index (χ3n) is 3.05. The number of ether oxygens (including phenoxy) is 2. The van der Waals surface area contributed by atoms with Gasteiger partial charge in [-0.1, -0.05) is 13.8 Å². The number of carbonyl (C=O) groups is 1. The number of aryl methyl sites for hydroxylation is 2. The maximum Gasteiger partial charge on any atom is 0.153 e. The quantitative estimate of drug-likeness (QED) is 0.480. The van der Waals surface area contributed by atoms with Crippen molar-refractivity contribution < 1.29 is 14.3 Å². The number of rotatable bonds is 10. The normalized spacial score (nSPS) is 10.9. The minimum atomic E-state index is 0.621. The van der Waals surface area contributed by atoms with Crippen LogP contribution in [0.3, 0.4) is 0 Å². The molecule has 0 spiro atoms. The summed E-state index contributed by atoms with van der Waals surface area (Å²) >= 11 is 0. The van der Waals surface area contributed by atoms with E-state index in [0.717, 1.165) is 49.0 Å². The molecule has 1 aromatic heterocycles. The van der Waals surface area contributed by atoms with Crippen molar-refractivity contribution in [2.45, 2.75) is 39.7 Å². The molecular weight excluding hydrogens is 244 g/mol. The summed E-state index contributed by atoms with van der Waals surface area (Å²) in [5.74, 6) is 0. The predicted octanol–water partition coefficient (Wildman–Crippen LogP) is 1.87. The molecule has 0 amide bonds. The van der Waals surface area contributed by atoms with Crippen molar-refractivity contribution in [3.63, 3.8) is 0 Å². The molecule has 0 fully saturated rings. The third kappa shape index (κ3) is 4.44. The van der Waals surface area contributed by atoms with Crippen LogP contribution in [0, 0.1) is 0 Å². The highest BCUT2D eigenvalue weighted by molar-refractivity contribution is 5.78. The van der Waals surface area contributed by atoms with E-state index in [0.29, 0.717) is 19.8 Å². The predicted molar refractivity (Wildman–Crippen MR) is 73.7 cm³/mol. The molecule has 0 bridgehead atoms. The van der Waals surface area contributed by atoms with Gasteiger partial charge in [0.2, 0.25) is 0 Å². The van der Waals surface area contributed by atoms with Gasteiger partial charge < -0.3 is 9.47 Å². The zero-order chi connectivity index (χ0) is 14.1.